The molecule has 14 heteroatoms. The van der Waals surface area contributed by atoms with Gasteiger partial charge in [-0.2, -0.15) is 15.2 Å². The van der Waals surface area contributed by atoms with Crippen molar-refractivity contribution in [2.24, 2.45) is 0 Å². The number of rotatable bonds is 9. The van der Waals surface area contributed by atoms with Gasteiger partial charge in [-0.25, -0.2) is 19.0 Å². The molecule has 0 saturated carbocycles. The first-order valence-electron chi connectivity index (χ1n) is 15.3. The van der Waals surface area contributed by atoms with Gasteiger partial charge in [0.05, 0.1) is 18.4 Å². The molecule has 0 amide bonds. The second-order valence-electron chi connectivity index (χ2n) is 11.8. The summed E-state index contributed by atoms with van der Waals surface area (Å²) in [4.78, 5) is 46.4. The first-order valence-corrected chi connectivity index (χ1v) is 15.3. The van der Waals surface area contributed by atoms with Gasteiger partial charge < -0.3 is 10.2 Å². The minimum Gasteiger partial charge on any atom is -0.341 e. The van der Waals surface area contributed by atoms with Crippen LogP contribution < -0.4 is 10.2 Å². The lowest BCUT2D eigenvalue weighted by atomic mass is 9.74. The van der Waals surface area contributed by atoms with Gasteiger partial charge in [0.15, 0.2) is 23.7 Å². The van der Waals surface area contributed by atoms with Gasteiger partial charge in [-0.3, -0.25) is 24.5 Å². The standard InChI is InChI=1S/C31H38FN11O2/c1-5-41-12-13-42(22(4)23-6-7-28(33-16-23)43-18-24(32)17-34-43)29(25(45)19-44)31(41)8-10-40(11-9-31)30-35-20(2)14-26(37-30)36-27-15-21(3)38-39-27/h6-7,14-19,22,29H,5,8-13H2,1-4H3,(H2,35,36,37,38,39). The molecule has 4 aromatic heterocycles. The number of ketones is 1. The van der Waals surface area contributed by atoms with Crippen LogP contribution in [0.1, 0.15) is 49.7 Å². The van der Waals surface area contributed by atoms with Crippen LogP contribution in [0.25, 0.3) is 5.82 Å². The Morgan fingerprint density at radius 1 is 1.13 bits per heavy atom. The van der Waals surface area contributed by atoms with Crippen molar-refractivity contribution in [1.29, 1.82) is 0 Å². The third-order valence-electron chi connectivity index (χ3n) is 9.12. The molecule has 2 aliphatic heterocycles. The number of H-pyrrole nitrogens is 1. The molecule has 1 spiro atoms. The fraction of sp³-hybridized carbons (Fsp3) is 0.452. The Labute approximate surface area is 260 Å². The van der Waals surface area contributed by atoms with Crippen molar-refractivity contribution in [2.45, 2.75) is 58.2 Å². The highest BCUT2D eigenvalue weighted by molar-refractivity contribution is 6.28. The number of hydrogen-bond donors (Lipinski definition) is 2. The van der Waals surface area contributed by atoms with Crippen LogP contribution in [-0.4, -0.2) is 101 Å². The molecular weight excluding hydrogens is 577 g/mol. The molecule has 2 saturated heterocycles. The number of hydrogen-bond acceptors (Lipinski definition) is 11. The van der Waals surface area contributed by atoms with Gasteiger partial charge >= 0.3 is 0 Å². The van der Waals surface area contributed by atoms with E-state index in [2.05, 4.69) is 47.2 Å². The zero-order chi connectivity index (χ0) is 31.7. The molecule has 45 heavy (non-hydrogen) atoms. The molecule has 236 valence electrons. The minimum absolute atomic E-state index is 0.192. The number of piperidine rings is 1. The van der Waals surface area contributed by atoms with Crippen molar-refractivity contribution >= 4 is 29.7 Å². The Balaban J connectivity index is 1.24. The number of halogens is 1. The van der Waals surface area contributed by atoms with Gasteiger partial charge in [0.25, 0.3) is 0 Å². The summed E-state index contributed by atoms with van der Waals surface area (Å²) in [7, 11) is 0. The lowest BCUT2D eigenvalue weighted by Crippen LogP contribution is -2.73. The summed E-state index contributed by atoms with van der Waals surface area (Å²) in [5.41, 5.74) is 2.13. The lowest BCUT2D eigenvalue weighted by Gasteiger charge is -2.59. The normalized spacial score (nSPS) is 19.5. The average Bonchev–Trinajstić information content (AvgIpc) is 3.67. The lowest BCUT2D eigenvalue weighted by molar-refractivity contribution is -0.146. The summed E-state index contributed by atoms with van der Waals surface area (Å²) in [5.74, 6) is 1.58. The van der Waals surface area contributed by atoms with Crippen molar-refractivity contribution < 1.29 is 14.0 Å². The monoisotopic (exact) mass is 615 g/mol. The van der Waals surface area contributed by atoms with E-state index in [9.17, 15) is 14.0 Å². The molecule has 4 aromatic rings. The second-order valence-corrected chi connectivity index (χ2v) is 11.8. The van der Waals surface area contributed by atoms with Crippen LogP contribution in [0, 0.1) is 19.7 Å². The molecule has 13 nitrogen and oxygen atoms in total. The number of Topliss-reactive ketones (excluding diaryl/α,β-unsaturated/α-hetero) is 1. The highest BCUT2D eigenvalue weighted by Gasteiger charge is 2.54. The van der Waals surface area contributed by atoms with Crippen LogP contribution in [0.2, 0.25) is 0 Å². The Bertz CT molecular complexity index is 1660. The highest BCUT2D eigenvalue weighted by atomic mass is 19.1. The van der Waals surface area contributed by atoms with E-state index < -0.39 is 23.2 Å². The predicted molar refractivity (Wildman–Crippen MR) is 166 cm³/mol. The topological polar surface area (TPSA) is 141 Å². The molecule has 0 bridgehead atoms. The first kappa shape index (κ1) is 30.5. The minimum atomic E-state index is -0.626. The van der Waals surface area contributed by atoms with Gasteiger partial charge in [0.1, 0.15) is 5.82 Å². The number of aldehydes is 1. The van der Waals surface area contributed by atoms with Crippen molar-refractivity contribution in [3.63, 3.8) is 0 Å². The number of anilines is 3. The number of nitrogens with zero attached hydrogens (tertiary/aromatic N) is 9. The number of carbonyl (C=O) groups is 2. The van der Waals surface area contributed by atoms with Crippen molar-refractivity contribution in [1.82, 2.24) is 44.7 Å². The number of aromatic amines is 1. The molecule has 0 aliphatic carbocycles. The van der Waals surface area contributed by atoms with E-state index in [4.69, 9.17) is 9.97 Å². The van der Waals surface area contributed by atoms with E-state index in [-0.39, 0.29) is 6.04 Å². The summed E-state index contributed by atoms with van der Waals surface area (Å²) in [6.07, 6.45) is 5.93. The van der Waals surface area contributed by atoms with Crippen molar-refractivity contribution in [3.05, 3.63) is 65.6 Å². The smallest absolute Gasteiger partial charge is 0.227 e. The summed E-state index contributed by atoms with van der Waals surface area (Å²) in [6, 6.07) is 6.67. The third-order valence-corrected chi connectivity index (χ3v) is 9.12. The molecule has 6 rings (SSSR count). The summed E-state index contributed by atoms with van der Waals surface area (Å²) >= 11 is 0. The molecule has 2 atom stereocenters. The number of aryl methyl sites for hydroxylation is 2. The molecule has 2 N–H and O–H groups in total. The number of likely N-dealkylation sites (N-methyl/N-ethyl adjacent to an activating group) is 1. The number of aromatic nitrogens is 7. The third kappa shape index (κ3) is 5.94. The van der Waals surface area contributed by atoms with Gasteiger partial charge in [0.2, 0.25) is 11.7 Å². The Morgan fingerprint density at radius 3 is 2.56 bits per heavy atom. The molecule has 0 radical (unpaired) electrons. The molecule has 0 aromatic carbocycles. The van der Waals surface area contributed by atoms with E-state index in [1.807, 2.05) is 39.0 Å². The van der Waals surface area contributed by atoms with Gasteiger partial charge in [-0.1, -0.05) is 13.0 Å². The second kappa shape index (κ2) is 12.4. The predicted octanol–water partition coefficient (Wildman–Crippen LogP) is 3.15. The fourth-order valence-electron chi connectivity index (χ4n) is 6.91. The Kier molecular flexibility index (Phi) is 8.42. The molecular formula is C31H38FN11O2. The summed E-state index contributed by atoms with van der Waals surface area (Å²) in [5, 5.41) is 14.4. The molecule has 2 aliphatic rings. The molecule has 2 fully saturated rings. The molecule has 2 unspecified atom stereocenters. The SMILES string of the molecule is CCN1CCN(C(C)c2ccc(-n3cc(F)cn3)nc2)C(C(=O)C=O)C12CCN(c1nc(C)cc(Nc3cc(C)[nH]n3)n1)CC2. The number of carbonyl (C=O) groups excluding carboxylic acids is 2. The van der Waals surface area contributed by atoms with Gasteiger partial charge in [-0.05, 0) is 51.8 Å². The number of nitrogens with one attached hydrogen (secondary N) is 2. The quantitative estimate of drug-likeness (QED) is 0.212. The van der Waals surface area contributed by atoms with Crippen LogP contribution in [0.15, 0.2) is 42.9 Å². The first-order chi connectivity index (χ1) is 21.7. The zero-order valence-corrected chi connectivity index (χ0v) is 25.9. The highest BCUT2D eigenvalue weighted by Crippen LogP contribution is 2.41. The maximum absolute atomic E-state index is 13.6. The van der Waals surface area contributed by atoms with Crippen molar-refractivity contribution in [3.8, 4) is 5.82 Å². The largest absolute Gasteiger partial charge is 0.341 e. The average molecular weight is 616 g/mol. The van der Waals surface area contributed by atoms with Crippen LogP contribution in [0.5, 0.6) is 0 Å². The zero-order valence-electron chi connectivity index (χ0n) is 25.9. The number of piperazine rings is 1. The van der Waals surface area contributed by atoms with E-state index >= 15 is 0 Å². The Morgan fingerprint density at radius 2 is 1.93 bits per heavy atom. The van der Waals surface area contributed by atoms with Crippen LogP contribution in [0.3, 0.4) is 0 Å². The van der Waals surface area contributed by atoms with Gasteiger partial charge in [-0.15, -0.1) is 0 Å². The maximum Gasteiger partial charge on any atom is 0.227 e. The van der Waals surface area contributed by atoms with Crippen molar-refractivity contribution in [2.75, 3.05) is 42.9 Å². The Hall–Kier alpha value is -4.56. The number of pyridine rings is 1. The van der Waals surface area contributed by atoms with E-state index in [0.717, 1.165) is 36.2 Å². The van der Waals surface area contributed by atoms with E-state index in [1.165, 1.54) is 10.9 Å². The summed E-state index contributed by atoms with van der Waals surface area (Å²) in [6.45, 7) is 11.4. The molecule has 6 heterocycles. The van der Waals surface area contributed by atoms with Crippen LogP contribution in [-0.2, 0) is 9.59 Å². The fourth-order valence-corrected chi connectivity index (χ4v) is 6.91. The van der Waals surface area contributed by atoms with E-state index in [1.54, 1.807) is 12.3 Å². The van der Waals surface area contributed by atoms with Gasteiger partial charge in [0, 0.05) is 67.5 Å². The van der Waals surface area contributed by atoms with Crippen LogP contribution >= 0.6 is 0 Å². The van der Waals surface area contributed by atoms with E-state index in [0.29, 0.717) is 62.2 Å². The maximum atomic E-state index is 13.6. The summed E-state index contributed by atoms with van der Waals surface area (Å²) < 4.78 is 14.9. The van der Waals surface area contributed by atoms with Crippen LogP contribution in [0.4, 0.5) is 22.0 Å².